The lowest BCUT2D eigenvalue weighted by Gasteiger charge is -2.08. The molecule has 0 aromatic heterocycles. The smallest absolute Gasteiger partial charge is 0.273 e. The molecule has 0 bridgehead atoms. The second kappa shape index (κ2) is 6.57. The van der Waals surface area contributed by atoms with Crippen LogP contribution in [0.15, 0.2) is 42.5 Å². The Hall–Kier alpha value is -3.09. The van der Waals surface area contributed by atoms with E-state index < -0.39 is 10.8 Å². The first-order chi connectivity index (χ1) is 10.5. The van der Waals surface area contributed by atoms with E-state index in [0.29, 0.717) is 11.4 Å². The Morgan fingerprint density at radius 2 is 1.68 bits per heavy atom. The van der Waals surface area contributed by atoms with E-state index in [9.17, 15) is 14.9 Å². The quantitative estimate of drug-likeness (QED) is 0.677. The van der Waals surface area contributed by atoms with Gasteiger partial charge in [-0.15, -0.1) is 0 Å². The third kappa shape index (κ3) is 3.51. The molecule has 0 saturated carbocycles. The van der Waals surface area contributed by atoms with E-state index in [4.69, 9.17) is 9.47 Å². The van der Waals surface area contributed by atoms with E-state index in [1.165, 1.54) is 25.3 Å². The van der Waals surface area contributed by atoms with Gasteiger partial charge >= 0.3 is 0 Å². The number of nitrogens with one attached hydrogen (secondary N) is 1. The number of carbonyl (C=O) groups is 1. The number of nitrogens with zero attached hydrogens (tertiary/aromatic N) is 1. The number of methoxy groups -OCH3 is 2. The van der Waals surface area contributed by atoms with Crippen molar-refractivity contribution in [3.63, 3.8) is 0 Å². The summed E-state index contributed by atoms with van der Waals surface area (Å²) < 4.78 is 10.0. The van der Waals surface area contributed by atoms with Gasteiger partial charge in [-0.05, 0) is 30.3 Å². The Balaban J connectivity index is 2.24. The molecule has 2 aromatic carbocycles. The van der Waals surface area contributed by atoms with Crippen LogP contribution in [-0.4, -0.2) is 25.1 Å². The third-order valence-corrected chi connectivity index (χ3v) is 2.95. The lowest BCUT2D eigenvalue weighted by atomic mass is 10.1. The lowest BCUT2D eigenvalue weighted by Crippen LogP contribution is -2.12. The Labute approximate surface area is 126 Å². The molecular formula is C15H14N2O5. The number of hydrogen-bond donors (Lipinski definition) is 1. The number of ether oxygens (including phenoxy) is 2. The number of hydrogen-bond acceptors (Lipinski definition) is 5. The van der Waals surface area contributed by atoms with Crippen LogP contribution in [0.4, 0.5) is 11.4 Å². The highest BCUT2D eigenvalue weighted by atomic mass is 16.6. The summed E-state index contributed by atoms with van der Waals surface area (Å²) in [4.78, 5) is 22.5. The highest BCUT2D eigenvalue weighted by Crippen LogP contribution is 2.23. The summed E-state index contributed by atoms with van der Waals surface area (Å²) in [7, 11) is 2.92. The van der Waals surface area contributed by atoms with Crippen LogP contribution in [0, 0.1) is 10.1 Å². The zero-order valence-electron chi connectivity index (χ0n) is 12.0. The second-order valence-electron chi connectivity index (χ2n) is 4.36. The standard InChI is InChI=1S/C15H14N2O5/c1-21-13-5-3-11(4-6-13)16-15(18)10-7-12(17(19)20)9-14(8-10)22-2/h3-9H,1-2H3,(H,16,18). The number of benzene rings is 2. The van der Waals surface area contributed by atoms with Gasteiger partial charge in [0.2, 0.25) is 0 Å². The molecular weight excluding hydrogens is 288 g/mol. The van der Waals surface area contributed by atoms with Crippen LogP contribution in [-0.2, 0) is 0 Å². The number of nitro benzene ring substituents is 1. The van der Waals surface area contributed by atoms with E-state index in [-0.39, 0.29) is 17.0 Å². The highest BCUT2D eigenvalue weighted by molar-refractivity contribution is 6.05. The average Bonchev–Trinajstić information content (AvgIpc) is 2.54. The molecule has 0 aliphatic heterocycles. The van der Waals surface area contributed by atoms with E-state index in [2.05, 4.69) is 5.32 Å². The average molecular weight is 302 g/mol. The second-order valence-corrected chi connectivity index (χ2v) is 4.36. The van der Waals surface area contributed by atoms with Crippen LogP contribution in [0.5, 0.6) is 11.5 Å². The van der Waals surface area contributed by atoms with Crippen LogP contribution < -0.4 is 14.8 Å². The van der Waals surface area contributed by atoms with Crippen molar-refractivity contribution >= 4 is 17.3 Å². The van der Waals surface area contributed by atoms with E-state index in [1.54, 1.807) is 31.4 Å². The van der Waals surface area contributed by atoms with Crippen LogP contribution in [0.1, 0.15) is 10.4 Å². The monoisotopic (exact) mass is 302 g/mol. The predicted molar refractivity (Wildman–Crippen MR) is 80.6 cm³/mol. The van der Waals surface area contributed by atoms with Crippen molar-refractivity contribution in [1.82, 2.24) is 0 Å². The molecule has 2 rings (SSSR count). The fourth-order valence-electron chi connectivity index (χ4n) is 1.82. The van der Waals surface area contributed by atoms with Gasteiger partial charge in [-0.3, -0.25) is 14.9 Å². The summed E-state index contributed by atoms with van der Waals surface area (Å²) >= 11 is 0. The molecule has 0 radical (unpaired) electrons. The molecule has 0 heterocycles. The highest BCUT2D eigenvalue weighted by Gasteiger charge is 2.15. The molecule has 7 nitrogen and oxygen atoms in total. The van der Waals surface area contributed by atoms with Crippen molar-refractivity contribution in [2.24, 2.45) is 0 Å². The Morgan fingerprint density at radius 3 is 2.23 bits per heavy atom. The molecule has 1 amide bonds. The van der Waals surface area contributed by atoms with Crippen molar-refractivity contribution in [1.29, 1.82) is 0 Å². The number of anilines is 1. The Morgan fingerprint density at radius 1 is 1.05 bits per heavy atom. The largest absolute Gasteiger partial charge is 0.497 e. The number of carbonyl (C=O) groups excluding carboxylic acids is 1. The molecule has 0 saturated heterocycles. The molecule has 0 unspecified atom stereocenters. The molecule has 2 aromatic rings. The molecule has 22 heavy (non-hydrogen) atoms. The Bertz CT molecular complexity index is 698. The van der Waals surface area contributed by atoms with Gasteiger partial charge in [-0.1, -0.05) is 0 Å². The van der Waals surface area contributed by atoms with Gasteiger partial charge in [-0.2, -0.15) is 0 Å². The maximum absolute atomic E-state index is 12.2. The first kappa shape index (κ1) is 15.3. The maximum Gasteiger partial charge on any atom is 0.273 e. The van der Waals surface area contributed by atoms with Crippen molar-refractivity contribution in [2.75, 3.05) is 19.5 Å². The van der Waals surface area contributed by atoms with Gasteiger partial charge in [0.1, 0.15) is 11.5 Å². The molecule has 1 N–H and O–H groups in total. The predicted octanol–water partition coefficient (Wildman–Crippen LogP) is 2.86. The van der Waals surface area contributed by atoms with E-state index >= 15 is 0 Å². The Kier molecular flexibility index (Phi) is 4.57. The van der Waals surface area contributed by atoms with Crippen molar-refractivity contribution < 1.29 is 19.2 Å². The zero-order valence-corrected chi connectivity index (χ0v) is 12.0. The summed E-state index contributed by atoms with van der Waals surface area (Å²) in [6.45, 7) is 0. The van der Waals surface area contributed by atoms with Crippen molar-refractivity contribution in [3.05, 3.63) is 58.1 Å². The van der Waals surface area contributed by atoms with Crippen molar-refractivity contribution in [3.8, 4) is 11.5 Å². The zero-order chi connectivity index (χ0) is 16.1. The summed E-state index contributed by atoms with van der Waals surface area (Å²) in [5.74, 6) is 0.441. The summed E-state index contributed by atoms with van der Waals surface area (Å²) in [6, 6.07) is 10.6. The van der Waals surface area contributed by atoms with Gasteiger partial charge in [-0.25, -0.2) is 0 Å². The first-order valence-electron chi connectivity index (χ1n) is 6.32. The SMILES string of the molecule is COc1ccc(NC(=O)c2cc(OC)cc([N+](=O)[O-])c2)cc1. The van der Waals surface area contributed by atoms with Gasteiger partial charge in [0, 0.05) is 11.8 Å². The maximum atomic E-state index is 12.2. The normalized spacial score (nSPS) is 9.91. The molecule has 7 heteroatoms. The van der Waals surface area contributed by atoms with Crippen LogP contribution >= 0.6 is 0 Å². The number of rotatable bonds is 5. The first-order valence-corrected chi connectivity index (χ1v) is 6.32. The fourth-order valence-corrected chi connectivity index (χ4v) is 1.82. The van der Waals surface area contributed by atoms with Crippen LogP contribution in [0.25, 0.3) is 0 Å². The molecule has 0 aliphatic rings. The molecule has 0 fully saturated rings. The van der Waals surface area contributed by atoms with Crippen LogP contribution in [0.3, 0.4) is 0 Å². The van der Waals surface area contributed by atoms with Gasteiger partial charge in [0.25, 0.3) is 11.6 Å². The summed E-state index contributed by atoms with van der Waals surface area (Å²) in [5, 5.41) is 13.5. The lowest BCUT2D eigenvalue weighted by molar-refractivity contribution is -0.384. The minimum Gasteiger partial charge on any atom is -0.497 e. The number of non-ortho nitro benzene ring substituents is 1. The summed E-state index contributed by atoms with van der Waals surface area (Å²) in [6.07, 6.45) is 0. The molecule has 114 valence electrons. The molecule has 0 spiro atoms. The number of nitro groups is 1. The minimum atomic E-state index is -0.577. The van der Waals surface area contributed by atoms with E-state index in [0.717, 1.165) is 0 Å². The number of amides is 1. The fraction of sp³-hybridized carbons (Fsp3) is 0.133. The van der Waals surface area contributed by atoms with Crippen molar-refractivity contribution in [2.45, 2.75) is 0 Å². The van der Waals surface area contributed by atoms with Crippen LogP contribution in [0.2, 0.25) is 0 Å². The molecule has 0 atom stereocenters. The minimum absolute atomic E-state index is 0.141. The van der Waals surface area contributed by atoms with Gasteiger partial charge < -0.3 is 14.8 Å². The topological polar surface area (TPSA) is 90.7 Å². The molecule has 0 aliphatic carbocycles. The van der Waals surface area contributed by atoms with Gasteiger partial charge in [0.15, 0.2) is 0 Å². The van der Waals surface area contributed by atoms with Gasteiger partial charge in [0.05, 0.1) is 30.8 Å². The summed E-state index contributed by atoms with van der Waals surface area (Å²) in [5.41, 5.74) is 0.484. The van der Waals surface area contributed by atoms with E-state index in [1.807, 2.05) is 0 Å². The third-order valence-electron chi connectivity index (χ3n) is 2.95.